The highest BCUT2D eigenvalue weighted by Crippen LogP contribution is 2.13. The molecule has 2 nitrogen and oxygen atoms in total. The average molecular weight is 202 g/mol. The molecule has 0 N–H and O–H groups in total. The molecule has 0 aliphatic rings. The van der Waals surface area contributed by atoms with Crippen molar-refractivity contribution in [2.45, 2.75) is 26.8 Å². The maximum atomic E-state index is 4.26. The van der Waals surface area contributed by atoms with E-state index < -0.39 is 0 Å². The van der Waals surface area contributed by atoms with E-state index in [1.807, 2.05) is 4.68 Å². The molecular formula is C7H10BrN2. The smallest absolute Gasteiger partial charge is 0.102 e. The third kappa shape index (κ3) is 1.40. The Labute approximate surface area is 69.4 Å². The molecule has 0 amide bonds. The van der Waals surface area contributed by atoms with Crippen LogP contribution in [0, 0.1) is 6.20 Å². The first-order valence-electron chi connectivity index (χ1n) is 3.42. The van der Waals surface area contributed by atoms with E-state index in [4.69, 9.17) is 0 Å². The zero-order chi connectivity index (χ0) is 7.56. The Morgan fingerprint density at radius 3 is 2.60 bits per heavy atom. The van der Waals surface area contributed by atoms with Crippen LogP contribution in [0.2, 0.25) is 0 Å². The SMILES string of the molecule is CCc1nn(CC)[c]c1Br. The maximum Gasteiger partial charge on any atom is 0.102 e. The minimum absolute atomic E-state index is 0.888. The Morgan fingerprint density at radius 2 is 2.30 bits per heavy atom. The van der Waals surface area contributed by atoms with Crippen molar-refractivity contribution >= 4 is 15.9 Å². The molecule has 0 aromatic carbocycles. The van der Waals surface area contributed by atoms with Crippen LogP contribution in [-0.4, -0.2) is 9.78 Å². The molecule has 0 bridgehead atoms. The first-order valence-corrected chi connectivity index (χ1v) is 4.21. The van der Waals surface area contributed by atoms with Crippen LogP contribution in [0.25, 0.3) is 0 Å². The number of rotatable bonds is 2. The van der Waals surface area contributed by atoms with Gasteiger partial charge in [0, 0.05) is 6.54 Å². The predicted octanol–water partition coefficient (Wildman–Crippen LogP) is 2.03. The topological polar surface area (TPSA) is 17.8 Å². The molecule has 0 aliphatic heterocycles. The van der Waals surface area contributed by atoms with Crippen LogP contribution < -0.4 is 0 Å². The Balaban J connectivity index is 2.92. The molecule has 3 heteroatoms. The molecule has 1 aromatic rings. The Bertz CT molecular complexity index is 217. The molecule has 55 valence electrons. The Morgan fingerprint density at radius 1 is 1.60 bits per heavy atom. The third-order valence-corrected chi connectivity index (χ3v) is 1.99. The van der Waals surface area contributed by atoms with E-state index in [1.54, 1.807) is 0 Å². The molecule has 10 heavy (non-hydrogen) atoms. The third-order valence-electron chi connectivity index (χ3n) is 1.36. The normalized spacial score (nSPS) is 10.3. The van der Waals surface area contributed by atoms with Crippen LogP contribution in [0.3, 0.4) is 0 Å². The van der Waals surface area contributed by atoms with Crippen LogP contribution in [0.4, 0.5) is 0 Å². The zero-order valence-corrected chi connectivity index (χ0v) is 7.77. The van der Waals surface area contributed by atoms with Crippen molar-refractivity contribution in [1.82, 2.24) is 9.78 Å². The lowest BCUT2D eigenvalue weighted by molar-refractivity contribution is 0.644. The molecule has 0 spiro atoms. The summed E-state index contributed by atoms with van der Waals surface area (Å²) in [6.45, 7) is 5.02. The number of nitrogens with zero attached hydrogens (tertiary/aromatic N) is 2. The van der Waals surface area contributed by atoms with E-state index in [-0.39, 0.29) is 0 Å². The maximum absolute atomic E-state index is 4.26. The highest BCUT2D eigenvalue weighted by Gasteiger charge is 2.02. The molecule has 0 aliphatic carbocycles. The summed E-state index contributed by atoms with van der Waals surface area (Å²) in [7, 11) is 0. The van der Waals surface area contributed by atoms with Gasteiger partial charge in [-0.1, -0.05) is 6.92 Å². The standard InChI is InChI=1S/C7H10BrN2/c1-3-7-6(8)5-10(4-2)9-7/h3-4H2,1-2H3. The van der Waals surface area contributed by atoms with Gasteiger partial charge in [-0.25, -0.2) is 0 Å². The fourth-order valence-electron chi connectivity index (χ4n) is 0.768. The van der Waals surface area contributed by atoms with Crippen LogP contribution in [0.15, 0.2) is 4.47 Å². The van der Waals surface area contributed by atoms with E-state index in [9.17, 15) is 0 Å². The Kier molecular flexibility index (Phi) is 2.49. The molecule has 0 atom stereocenters. The summed E-state index contributed by atoms with van der Waals surface area (Å²) in [5.74, 6) is 0. The molecule has 1 radical (unpaired) electrons. The summed E-state index contributed by atoms with van der Waals surface area (Å²) >= 11 is 3.38. The highest BCUT2D eigenvalue weighted by molar-refractivity contribution is 9.10. The molecule has 1 heterocycles. The fraction of sp³-hybridized carbons (Fsp3) is 0.571. The second kappa shape index (κ2) is 3.19. The lowest BCUT2D eigenvalue weighted by atomic mass is 10.3. The Hall–Kier alpha value is -0.310. The minimum atomic E-state index is 0.888. The largest absolute Gasteiger partial charge is 0.262 e. The summed E-state index contributed by atoms with van der Waals surface area (Å²) in [5, 5.41) is 4.26. The summed E-state index contributed by atoms with van der Waals surface area (Å²) in [5.41, 5.74) is 1.09. The summed E-state index contributed by atoms with van der Waals surface area (Å²) in [6, 6.07) is 0. The second-order valence-corrected chi connectivity index (χ2v) is 2.83. The lowest BCUT2D eigenvalue weighted by Gasteiger charge is -1.89. The quantitative estimate of drug-likeness (QED) is 0.717. The van der Waals surface area contributed by atoms with Gasteiger partial charge in [-0.2, -0.15) is 5.10 Å². The number of aromatic nitrogens is 2. The van der Waals surface area contributed by atoms with E-state index >= 15 is 0 Å². The summed E-state index contributed by atoms with van der Waals surface area (Å²) < 4.78 is 2.81. The molecule has 1 rings (SSSR count). The van der Waals surface area contributed by atoms with Gasteiger partial charge >= 0.3 is 0 Å². The van der Waals surface area contributed by atoms with Gasteiger partial charge in [0.05, 0.1) is 10.2 Å². The summed E-state index contributed by atoms with van der Waals surface area (Å²) in [6.07, 6.45) is 4.03. The monoisotopic (exact) mass is 201 g/mol. The first-order chi connectivity index (χ1) is 4.77. The number of halogens is 1. The fourth-order valence-corrected chi connectivity index (χ4v) is 1.33. The van der Waals surface area contributed by atoms with Crippen molar-refractivity contribution in [1.29, 1.82) is 0 Å². The molecule has 0 unspecified atom stereocenters. The molecular weight excluding hydrogens is 192 g/mol. The average Bonchev–Trinajstić information content (AvgIpc) is 2.30. The van der Waals surface area contributed by atoms with E-state index in [1.165, 1.54) is 0 Å². The molecule has 0 saturated carbocycles. The minimum Gasteiger partial charge on any atom is -0.262 e. The van der Waals surface area contributed by atoms with Crippen molar-refractivity contribution in [2.75, 3.05) is 0 Å². The first kappa shape index (κ1) is 7.79. The molecule has 1 aromatic heterocycles. The zero-order valence-electron chi connectivity index (χ0n) is 6.19. The van der Waals surface area contributed by atoms with Gasteiger partial charge in [-0.05, 0) is 29.3 Å². The highest BCUT2D eigenvalue weighted by atomic mass is 79.9. The molecule has 0 saturated heterocycles. The predicted molar refractivity (Wildman–Crippen MR) is 43.8 cm³/mol. The van der Waals surface area contributed by atoms with Crippen LogP contribution >= 0.6 is 15.9 Å². The number of aryl methyl sites for hydroxylation is 2. The van der Waals surface area contributed by atoms with Crippen LogP contribution in [0.5, 0.6) is 0 Å². The van der Waals surface area contributed by atoms with Crippen molar-refractivity contribution in [3.8, 4) is 0 Å². The second-order valence-electron chi connectivity index (χ2n) is 2.04. The van der Waals surface area contributed by atoms with Gasteiger partial charge in [0.15, 0.2) is 0 Å². The van der Waals surface area contributed by atoms with Gasteiger partial charge in [-0.15, -0.1) is 0 Å². The number of hydrogen-bond donors (Lipinski definition) is 0. The van der Waals surface area contributed by atoms with Crippen molar-refractivity contribution in [3.05, 3.63) is 16.4 Å². The summed E-state index contributed by atoms with van der Waals surface area (Å²) in [4.78, 5) is 0. The van der Waals surface area contributed by atoms with Gasteiger partial charge in [0.25, 0.3) is 0 Å². The van der Waals surface area contributed by atoms with Gasteiger partial charge in [-0.3, -0.25) is 4.68 Å². The van der Waals surface area contributed by atoms with E-state index in [0.29, 0.717) is 0 Å². The van der Waals surface area contributed by atoms with E-state index in [0.717, 1.165) is 23.1 Å². The van der Waals surface area contributed by atoms with Crippen molar-refractivity contribution < 1.29 is 0 Å². The van der Waals surface area contributed by atoms with Crippen LogP contribution in [0.1, 0.15) is 19.5 Å². The van der Waals surface area contributed by atoms with Gasteiger partial charge in [0.1, 0.15) is 6.20 Å². The molecule has 0 fully saturated rings. The van der Waals surface area contributed by atoms with Gasteiger partial charge < -0.3 is 0 Å². The van der Waals surface area contributed by atoms with Crippen molar-refractivity contribution in [2.24, 2.45) is 0 Å². The van der Waals surface area contributed by atoms with Crippen molar-refractivity contribution in [3.63, 3.8) is 0 Å². The lowest BCUT2D eigenvalue weighted by Crippen LogP contribution is -1.94. The number of hydrogen-bond acceptors (Lipinski definition) is 1. The van der Waals surface area contributed by atoms with Gasteiger partial charge in [0.2, 0.25) is 0 Å². The van der Waals surface area contributed by atoms with Crippen LogP contribution in [-0.2, 0) is 13.0 Å². The van der Waals surface area contributed by atoms with E-state index in [2.05, 4.69) is 41.1 Å².